The molecule has 4 nitrogen and oxygen atoms in total. The first-order valence-electron chi connectivity index (χ1n) is 4.78. The van der Waals surface area contributed by atoms with E-state index in [1.54, 1.807) is 12.1 Å². The zero-order valence-corrected chi connectivity index (χ0v) is 9.03. The Labute approximate surface area is 89.3 Å². The van der Waals surface area contributed by atoms with E-state index in [0.717, 1.165) is 5.69 Å². The molecule has 0 spiro atoms. The number of nitrogen functional groups attached to an aromatic ring is 1. The molecule has 0 fully saturated rings. The number of aliphatic hydroxyl groups is 1. The van der Waals surface area contributed by atoms with Crippen molar-refractivity contribution in [1.29, 1.82) is 0 Å². The van der Waals surface area contributed by atoms with Gasteiger partial charge in [0, 0.05) is 30.5 Å². The number of anilines is 2. The molecule has 4 heteroatoms. The standard InChI is InChI=1S/C11H16N2O2/c1-8(15)10-7-9(3-4-11(10)12)13(2)5-6-14/h3-4,7,14H,5-6,12H2,1-2H3. The lowest BCUT2D eigenvalue weighted by Crippen LogP contribution is -2.21. The van der Waals surface area contributed by atoms with E-state index in [1.165, 1.54) is 6.92 Å². The number of nitrogens with two attached hydrogens (primary N) is 1. The van der Waals surface area contributed by atoms with Gasteiger partial charge in [-0.2, -0.15) is 0 Å². The molecule has 0 aromatic heterocycles. The number of nitrogens with zero attached hydrogens (tertiary/aromatic N) is 1. The summed E-state index contributed by atoms with van der Waals surface area (Å²) >= 11 is 0. The first kappa shape index (κ1) is 11.5. The van der Waals surface area contributed by atoms with Crippen LogP contribution in [0, 0.1) is 0 Å². The topological polar surface area (TPSA) is 66.6 Å². The van der Waals surface area contributed by atoms with E-state index >= 15 is 0 Å². The molecular formula is C11H16N2O2. The lowest BCUT2D eigenvalue weighted by atomic mass is 10.1. The van der Waals surface area contributed by atoms with Crippen molar-refractivity contribution in [3.63, 3.8) is 0 Å². The number of hydrogen-bond donors (Lipinski definition) is 2. The van der Waals surface area contributed by atoms with Gasteiger partial charge in [-0.25, -0.2) is 0 Å². The smallest absolute Gasteiger partial charge is 0.161 e. The Kier molecular flexibility index (Phi) is 3.68. The highest BCUT2D eigenvalue weighted by atomic mass is 16.3. The van der Waals surface area contributed by atoms with Gasteiger partial charge >= 0.3 is 0 Å². The molecule has 0 radical (unpaired) electrons. The van der Waals surface area contributed by atoms with Gasteiger partial charge in [-0.05, 0) is 25.1 Å². The monoisotopic (exact) mass is 208 g/mol. The summed E-state index contributed by atoms with van der Waals surface area (Å²) in [5, 5.41) is 8.80. The van der Waals surface area contributed by atoms with Gasteiger partial charge in [0.2, 0.25) is 0 Å². The Morgan fingerprint density at radius 1 is 1.53 bits per heavy atom. The van der Waals surface area contributed by atoms with Crippen LogP contribution in [0.15, 0.2) is 18.2 Å². The highest BCUT2D eigenvalue weighted by Crippen LogP contribution is 2.20. The molecule has 3 N–H and O–H groups in total. The average Bonchev–Trinajstić information content (AvgIpc) is 2.18. The molecule has 0 aliphatic carbocycles. The Bertz CT molecular complexity index is 364. The van der Waals surface area contributed by atoms with Crippen molar-refractivity contribution in [2.75, 3.05) is 30.8 Å². The lowest BCUT2D eigenvalue weighted by molar-refractivity contribution is 0.101. The van der Waals surface area contributed by atoms with Crippen molar-refractivity contribution in [2.24, 2.45) is 0 Å². The van der Waals surface area contributed by atoms with Gasteiger partial charge in [-0.1, -0.05) is 0 Å². The van der Waals surface area contributed by atoms with Gasteiger partial charge in [0.1, 0.15) is 0 Å². The second-order valence-corrected chi connectivity index (χ2v) is 3.47. The fourth-order valence-electron chi connectivity index (χ4n) is 1.37. The zero-order valence-electron chi connectivity index (χ0n) is 9.03. The van der Waals surface area contributed by atoms with E-state index in [-0.39, 0.29) is 12.4 Å². The number of likely N-dealkylation sites (N-methyl/N-ethyl adjacent to an activating group) is 1. The molecule has 1 rings (SSSR count). The largest absolute Gasteiger partial charge is 0.398 e. The number of aliphatic hydroxyl groups excluding tert-OH is 1. The predicted molar refractivity (Wildman–Crippen MR) is 61.2 cm³/mol. The minimum atomic E-state index is -0.0493. The van der Waals surface area contributed by atoms with Crippen LogP contribution in [0.1, 0.15) is 17.3 Å². The van der Waals surface area contributed by atoms with E-state index in [4.69, 9.17) is 10.8 Å². The number of carbonyl (C=O) groups excluding carboxylic acids is 1. The third kappa shape index (κ3) is 2.70. The van der Waals surface area contributed by atoms with Crippen LogP contribution in [0.2, 0.25) is 0 Å². The van der Waals surface area contributed by atoms with Crippen molar-refractivity contribution in [2.45, 2.75) is 6.92 Å². The molecule has 0 atom stereocenters. The van der Waals surface area contributed by atoms with Crippen molar-refractivity contribution in [3.05, 3.63) is 23.8 Å². The van der Waals surface area contributed by atoms with Gasteiger partial charge in [-0.15, -0.1) is 0 Å². The van der Waals surface area contributed by atoms with Crippen LogP contribution in [0.4, 0.5) is 11.4 Å². The third-order valence-corrected chi connectivity index (χ3v) is 2.29. The molecule has 0 heterocycles. The van der Waals surface area contributed by atoms with E-state index in [2.05, 4.69) is 0 Å². The first-order chi connectivity index (χ1) is 7.06. The molecule has 0 saturated carbocycles. The predicted octanol–water partition coefficient (Wildman–Crippen LogP) is 0.900. The molecule has 0 unspecified atom stereocenters. The zero-order chi connectivity index (χ0) is 11.4. The number of Topliss-reactive ketones (excluding diaryl/α,β-unsaturated/α-hetero) is 1. The molecule has 0 saturated heterocycles. The van der Waals surface area contributed by atoms with E-state index in [1.807, 2.05) is 18.0 Å². The summed E-state index contributed by atoms with van der Waals surface area (Å²) in [5.74, 6) is -0.0493. The molecule has 1 aromatic rings. The molecule has 82 valence electrons. The van der Waals surface area contributed by atoms with Crippen LogP contribution in [0.3, 0.4) is 0 Å². The minimum absolute atomic E-state index is 0.0493. The quantitative estimate of drug-likeness (QED) is 0.570. The maximum absolute atomic E-state index is 11.3. The van der Waals surface area contributed by atoms with Crippen molar-refractivity contribution in [3.8, 4) is 0 Å². The van der Waals surface area contributed by atoms with Gasteiger partial charge in [-0.3, -0.25) is 4.79 Å². The van der Waals surface area contributed by atoms with Crippen molar-refractivity contribution < 1.29 is 9.90 Å². The van der Waals surface area contributed by atoms with Crippen LogP contribution in [-0.4, -0.2) is 31.1 Å². The second-order valence-electron chi connectivity index (χ2n) is 3.47. The van der Waals surface area contributed by atoms with E-state index < -0.39 is 0 Å². The van der Waals surface area contributed by atoms with Crippen LogP contribution in [0.5, 0.6) is 0 Å². The van der Waals surface area contributed by atoms with Crippen LogP contribution in [-0.2, 0) is 0 Å². The maximum atomic E-state index is 11.3. The van der Waals surface area contributed by atoms with Gasteiger partial charge in [0.15, 0.2) is 5.78 Å². The van der Waals surface area contributed by atoms with Crippen LogP contribution >= 0.6 is 0 Å². The summed E-state index contributed by atoms with van der Waals surface area (Å²) in [6.45, 7) is 2.10. The summed E-state index contributed by atoms with van der Waals surface area (Å²) < 4.78 is 0. The Morgan fingerprint density at radius 2 is 2.20 bits per heavy atom. The molecule has 0 aliphatic rings. The lowest BCUT2D eigenvalue weighted by Gasteiger charge is -2.18. The summed E-state index contributed by atoms with van der Waals surface area (Å²) in [6.07, 6.45) is 0. The molecule has 1 aromatic carbocycles. The Morgan fingerprint density at radius 3 is 2.73 bits per heavy atom. The molecular weight excluding hydrogens is 192 g/mol. The highest BCUT2D eigenvalue weighted by molar-refractivity contribution is 6.00. The average molecular weight is 208 g/mol. The van der Waals surface area contributed by atoms with Crippen LogP contribution in [0.25, 0.3) is 0 Å². The van der Waals surface area contributed by atoms with E-state index in [0.29, 0.717) is 17.8 Å². The summed E-state index contributed by atoms with van der Waals surface area (Å²) in [6, 6.07) is 5.28. The second kappa shape index (κ2) is 4.79. The molecule has 0 aliphatic heterocycles. The molecule has 0 amide bonds. The highest BCUT2D eigenvalue weighted by Gasteiger charge is 2.07. The number of ketones is 1. The number of rotatable bonds is 4. The van der Waals surface area contributed by atoms with Gasteiger partial charge in [0.25, 0.3) is 0 Å². The Balaban J connectivity index is 3.02. The van der Waals surface area contributed by atoms with Crippen molar-refractivity contribution in [1.82, 2.24) is 0 Å². The number of hydrogen-bond acceptors (Lipinski definition) is 4. The van der Waals surface area contributed by atoms with E-state index in [9.17, 15) is 4.79 Å². The summed E-state index contributed by atoms with van der Waals surface area (Å²) in [4.78, 5) is 13.1. The molecule has 0 bridgehead atoms. The first-order valence-corrected chi connectivity index (χ1v) is 4.78. The Hall–Kier alpha value is -1.55. The van der Waals surface area contributed by atoms with Gasteiger partial charge in [0.05, 0.1) is 6.61 Å². The minimum Gasteiger partial charge on any atom is -0.398 e. The SMILES string of the molecule is CC(=O)c1cc(N(C)CCO)ccc1N. The fourth-order valence-corrected chi connectivity index (χ4v) is 1.37. The van der Waals surface area contributed by atoms with Gasteiger partial charge < -0.3 is 15.7 Å². The number of benzene rings is 1. The molecule has 15 heavy (non-hydrogen) atoms. The summed E-state index contributed by atoms with van der Waals surface area (Å²) in [7, 11) is 1.85. The number of carbonyl (C=O) groups is 1. The summed E-state index contributed by atoms with van der Waals surface area (Å²) in [5.41, 5.74) is 7.57. The third-order valence-electron chi connectivity index (χ3n) is 2.29. The van der Waals surface area contributed by atoms with Crippen LogP contribution < -0.4 is 10.6 Å². The normalized spacial score (nSPS) is 10.1. The fraction of sp³-hybridized carbons (Fsp3) is 0.364. The van der Waals surface area contributed by atoms with Crippen molar-refractivity contribution >= 4 is 17.2 Å². The maximum Gasteiger partial charge on any atom is 0.161 e.